The summed E-state index contributed by atoms with van der Waals surface area (Å²) in [6.07, 6.45) is 4.39. The van der Waals surface area contributed by atoms with Gasteiger partial charge in [-0.05, 0) is 53.9 Å². The molecule has 7 heteroatoms. The number of nitrogens with zero attached hydrogens (tertiary/aromatic N) is 1. The number of alkyl carbamates (subject to hydrolysis) is 1. The van der Waals surface area contributed by atoms with Crippen LogP contribution >= 0.6 is 0 Å². The highest BCUT2D eigenvalue weighted by molar-refractivity contribution is 5.86. The van der Waals surface area contributed by atoms with E-state index in [0.717, 1.165) is 36.8 Å². The highest BCUT2D eigenvalue weighted by Gasteiger charge is 2.38. The zero-order chi connectivity index (χ0) is 24.4. The van der Waals surface area contributed by atoms with Gasteiger partial charge in [0.05, 0.1) is 5.92 Å². The van der Waals surface area contributed by atoms with E-state index < -0.39 is 24.0 Å². The molecule has 2 unspecified atom stereocenters. The van der Waals surface area contributed by atoms with E-state index in [9.17, 15) is 19.5 Å². The van der Waals surface area contributed by atoms with Gasteiger partial charge in [0.1, 0.15) is 12.6 Å². The van der Waals surface area contributed by atoms with Crippen LogP contribution < -0.4 is 5.32 Å². The number of hydrogen-bond donors (Lipinski definition) is 2. The van der Waals surface area contributed by atoms with Gasteiger partial charge in [-0.25, -0.2) is 9.59 Å². The summed E-state index contributed by atoms with van der Waals surface area (Å²) in [6.45, 7) is 0.838. The molecule has 2 aromatic carbocycles. The lowest BCUT2D eigenvalue weighted by molar-refractivity contribution is -0.154. The number of piperidine rings is 1. The molecule has 2 aliphatic carbocycles. The van der Waals surface area contributed by atoms with Crippen LogP contribution in [0, 0.1) is 11.8 Å². The SMILES string of the molecule is O=C(NCC(CC1CC1)C(=O)N1CCCCC1C(=O)O)OCC1c2ccccc2-c2ccccc21. The van der Waals surface area contributed by atoms with Gasteiger partial charge in [0.25, 0.3) is 0 Å². The Bertz CT molecular complexity index is 1070. The summed E-state index contributed by atoms with van der Waals surface area (Å²) < 4.78 is 5.63. The van der Waals surface area contributed by atoms with Gasteiger partial charge in [0.15, 0.2) is 0 Å². The van der Waals surface area contributed by atoms with Crippen LogP contribution in [-0.4, -0.2) is 53.7 Å². The van der Waals surface area contributed by atoms with E-state index in [1.165, 1.54) is 16.0 Å². The Morgan fingerprint density at radius 3 is 2.26 bits per heavy atom. The molecule has 3 aliphatic rings. The zero-order valence-corrected chi connectivity index (χ0v) is 19.8. The molecule has 1 heterocycles. The lowest BCUT2D eigenvalue weighted by Gasteiger charge is -2.35. The molecule has 0 radical (unpaired) electrons. The molecular weight excluding hydrogens is 444 g/mol. The van der Waals surface area contributed by atoms with Gasteiger partial charge in [-0.3, -0.25) is 4.79 Å². The molecular formula is C28H32N2O5. The maximum atomic E-state index is 13.3. The van der Waals surface area contributed by atoms with Gasteiger partial charge in [0.2, 0.25) is 5.91 Å². The number of nitrogens with one attached hydrogen (secondary N) is 1. The smallest absolute Gasteiger partial charge is 0.407 e. The van der Waals surface area contributed by atoms with Crippen LogP contribution in [0.15, 0.2) is 48.5 Å². The van der Waals surface area contributed by atoms with Gasteiger partial charge < -0.3 is 20.1 Å². The van der Waals surface area contributed by atoms with Crippen molar-refractivity contribution in [2.45, 2.75) is 50.5 Å². The van der Waals surface area contributed by atoms with Crippen molar-refractivity contribution in [3.8, 4) is 11.1 Å². The van der Waals surface area contributed by atoms with Gasteiger partial charge in [-0.2, -0.15) is 0 Å². The maximum absolute atomic E-state index is 13.3. The quantitative estimate of drug-likeness (QED) is 0.589. The Kier molecular flexibility index (Phi) is 6.75. The lowest BCUT2D eigenvalue weighted by atomic mass is 9.95. The monoisotopic (exact) mass is 476 g/mol. The number of ether oxygens (including phenoxy) is 1. The topological polar surface area (TPSA) is 95.9 Å². The van der Waals surface area contributed by atoms with Crippen LogP contribution in [0.2, 0.25) is 0 Å². The van der Waals surface area contributed by atoms with Crippen molar-refractivity contribution in [3.05, 3.63) is 59.7 Å². The molecule has 2 N–H and O–H groups in total. The third-order valence-corrected chi connectivity index (χ3v) is 7.57. The van der Waals surface area contributed by atoms with Gasteiger partial charge in [-0.1, -0.05) is 61.4 Å². The van der Waals surface area contributed by atoms with Crippen LogP contribution in [0.4, 0.5) is 4.79 Å². The van der Waals surface area contributed by atoms with E-state index in [4.69, 9.17) is 4.74 Å². The number of carboxylic acid groups (broad SMARTS) is 1. The summed E-state index contributed by atoms with van der Waals surface area (Å²) >= 11 is 0. The minimum Gasteiger partial charge on any atom is -0.480 e. The zero-order valence-electron chi connectivity index (χ0n) is 19.8. The fourth-order valence-corrected chi connectivity index (χ4v) is 5.57. The first-order chi connectivity index (χ1) is 17.0. The average Bonchev–Trinajstić information content (AvgIpc) is 3.65. The summed E-state index contributed by atoms with van der Waals surface area (Å²) in [6, 6.07) is 15.6. The highest BCUT2D eigenvalue weighted by atomic mass is 16.5. The minimum absolute atomic E-state index is 0.0262. The summed E-state index contributed by atoms with van der Waals surface area (Å²) in [4.78, 5) is 39.2. The van der Waals surface area contributed by atoms with Crippen molar-refractivity contribution in [3.63, 3.8) is 0 Å². The van der Waals surface area contributed by atoms with Gasteiger partial charge >= 0.3 is 12.1 Å². The molecule has 1 saturated heterocycles. The molecule has 0 bridgehead atoms. The molecule has 0 aromatic heterocycles. The van der Waals surface area contributed by atoms with E-state index in [-0.39, 0.29) is 25.0 Å². The molecule has 35 heavy (non-hydrogen) atoms. The van der Waals surface area contributed by atoms with Crippen LogP contribution in [-0.2, 0) is 14.3 Å². The van der Waals surface area contributed by atoms with Crippen molar-refractivity contribution in [2.75, 3.05) is 19.7 Å². The Morgan fingerprint density at radius 1 is 0.971 bits per heavy atom. The molecule has 2 fully saturated rings. The number of aliphatic carboxylic acids is 1. The minimum atomic E-state index is -0.951. The summed E-state index contributed by atoms with van der Waals surface area (Å²) in [5.74, 6) is -1.10. The van der Waals surface area contributed by atoms with Crippen LogP contribution in [0.3, 0.4) is 0 Å². The molecule has 5 rings (SSSR count). The normalized spacial score (nSPS) is 20.0. The largest absolute Gasteiger partial charge is 0.480 e. The third kappa shape index (κ3) is 5.04. The van der Waals surface area contributed by atoms with Crippen molar-refractivity contribution in [1.82, 2.24) is 10.2 Å². The molecule has 2 aromatic rings. The molecule has 184 valence electrons. The average molecular weight is 477 g/mol. The number of carbonyl (C=O) groups excluding carboxylic acids is 2. The van der Waals surface area contributed by atoms with E-state index >= 15 is 0 Å². The van der Waals surface area contributed by atoms with E-state index in [1.54, 1.807) is 0 Å². The maximum Gasteiger partial charge on any atom is 0.407 e. The van der Waals surface area contributed by atoms with Crippen LogP contribution in [0.5, 0.6) is 0 Å². The predicted molar refractivity (Wildman–Crippen MR) is 131 cm³/mol. The van der Waals surface area contributed by atoms with Crippen molar-refractivity contribution in [2.24, 2.45) is 11.8 Å². The number of carbonyl (C=O) groups is 3. The first-order valence-corrected chi connectivity index (χ1v) is 12.6. The number of rotatable bonds is 8. The summed E-state index contributed by atoms with van der Waals surface area (Å²) in [5, 5.41) is 12.4. The van der Waals surface area contributed by atoms with Crippen molar-refractivity contribution in [1.29, 1.82) is 0 Å². The third-order valence-electron chi connectivity index (χ3n) is 7.57. The van der Waals surface area contributed by atoms with Crippen LogP contribution in [0.1, 0.15) is 55.6 Å². The molecule has 7 nitrogen and oxygen atoms in total. The van der Waals surface area contributed by atoms with Gasteiger partial charge in [0, 0.05) is 19.0 Å². The predicted octanol–water partition coefficient (Wildman–Crippen LogP) is 4.41. The Balaban J connectivity index is 1.21. The molecule has 1 saturated carbocycles. The van der Waals surface area contributed by atoms with E-state index in [2.05, 4.69) is 29.6 Å². The first-order valence-electron chi connectivity index (χ1n) is 12.6. The summed E-state index contributed by atoms with van der Waals surface area (Å²) in [5.41, 5.74) is 4.63. The standard InChI is InChI=1S/C28H32N2O5/c31-26(30-14-6-5-11-25(30)27(32)33)19(15-18-12-13-18)16-29-28(34)35-17-24-22-9-3-1-7-20(22)21-8-2-4-10-23(21)24/h1-4,7-10,18-19,24-25H,5-6,11-17H2,(H,29,34)(H,32,33). The van der Waals surface area contributed by atoms with Crippen LogP contribution in [0.25, 0.3) is 11.1 Å². The second-order valence-corrected chi connectivity index (χ2v) is 9.96. The highest BCUT2D eigenvalue weighted by Crippen LogP contribution is 2.44. The molecule has 2 amide bonds. The summed E-state index contributed by atoms with van der Waals surface area (Å²) in [7, 11) is 0. The number of benzene rings is 2. The second kappa shape index (κ2) is 10.1. The second-order valence-electron chi connectivity index (χ2n) is 9.96. The van der Waals surface area contributed by atoms with E-state index in [1.807, 2.05) is 24.3 Å². The van der Waals surface area contributed by atoms with E-state index in [0.29, 0.717) is 25.3 Å². The van der Waals surface area contributed by atoms with Crippen molar-refractivity contribution < 1.29 is 24.2 Å². The Hall–Kier alpha value is -3.35. The number of amides is 2. The first kappa shape index (κ1) is 23.4. The number of hydrogen-bond acceptors (Lipinski definition) is 4. The van der Waals surface area contributed by atoms with Gasteiger partial charge in [-0.15, -0.1) is 0 Å². The molecule has 1 aliphatic heterocycles. The Morgan fingerprint density at radius 2 is 1.63 bits per heavy atom. The Labute approximate surface area is 205 Å². The van der Waals surface area contributed by atoms with Crippen molar-refractivity contribution >= 4 is 18.0 Å². The number of carboxylic acids is 1. The molecule has 0 spiro atoms. The number of likely N-dealkylation sites (tertiary alicyclic amines) is 1. The molecule has 2 atom stereocenters. The fourth-order valence-electron chi connectivity index (χ4n) is 5.57. The lowest BCUT2D eigenvalue weighted by Crippen LogP contribution is -2.51. The number of fused-ring (bicyclic) bond motifs is 3. The fraction of sp³-hybridized carbons (Fsp3) is 0.464.